The Balaban J connectivity index is 2.72. The van der Waals surface area contributed by atoms with Gasteiger partial charge < -0.3 is 14.2 Å². The monoisotopic (exact) mass is 266 g/mol. The van der Waals surface area contributed by atoms with Gasteiger partial charge in [0.1, 0.15) is 12.4 Å². The van der Waals surface area contributed by atoms with Crippen LogP contribution in [0.3, 0.4) is 0 Å². The van der Waals surface area contributed by atoms with Crippen molar-refractivity contribution in [2.75, 3.05) is 34.0 Å². The summed E-state index contributed by atoms with van der Waals surface area (Å²) in [7, 11) is 3.42. The van der Waals surface area contributed by atoms with E-state index in [0.717, 1.165) is 25.2 Å². The number of rotatable bonds is 9. The third kappa shape index (κ3) is 6.08. The Hall–Kier alpha value is -1.06. The molecule has 0 atom stereocenters. The molecule has 1 rings (SSSR count). The van der Waals surface area contributed by atoms with Crippen LogP contribution in [0.15, 0.2) is 18.2 Å². The van der Waals surface area contributed by atoms with Gasteiger partial charge in [-0.3, -0.25) is 0 Å². The minimum Gasteiger partial charge on any atom is -0.491 e. The average molecular weight is 266 g/mol. The van der Waals surface area contributed by atoms with Crippen molar-refractivity contribution in [1.82, 2.24) is 0 Å². The van der Waals surface area contributed by atoms with Crippen LogP contribution in [0.2, 0.25) is 0 Å². The zero-order chi connectivity index (χ0) is 14.1. The van der Waals surface area contributed by atoms with Crippen molar-refractivity contribution in [3.8, 4) is 5.75 Å². The van der Waals surface area contributed by atoms with Crippen LogP contribution in [-0.4, -0.2) is 34.0 Å². The molecule has 0 spiro atoms. The van der Waals surface area contributed by atoms with Gasteiger partial charge in [0.15, 0.2) is 0 Å². The van der Waals surface area contributed by atoms with Crippen LogP contribution < -0.4 is 4.74 Å². The maximum absolute atomic E-state index is 5.73. The maximum atomic E-state index is 5.73. The number of ether oxygens (including phenoxy) is 3. The van der Waals surface area contributed by atoms with Crippen LogP contribution in [0, 0.1) is 0 Å². The third-order valence-corrected chi connectivity index (χ3v) is 3.03. The number of hydrogen-bond donors (Lipinski definition) is 0. The Morgan fingerprint density at radius 3 is 2.32 bits per heavy atom. The number of aryl methyl sites for hydroxylation is 1. The fourth-order valence-corrected chi connectivity index (χ4v) is 1.91. The second-order valence-corrected chi connectivity index (χ2v) is 5.00. The summed E-state index contributed by atoms with van der Waals surface area (Å²) in [5, 5.41) is 0. The summed E-state index contributed by atoms with van der Waals surface area (Å²) in [6.45, 7) is 6.41. The summed E-state index contributed by atoms with van der Waals surface area (Å²) in [5.74, 6) is 1.45. The highest BCUT2D eigenvalue weighted by atomic mass is 16.5. The molecule has 0 radical (unpaired) electrons. The molecule has 0 heterocycles. The molecule has 0 saturated carbocycles. The lowest BCUT2D eigenvalue weighted by Crippen LogP contribution is -2.05. The highest BCUT2D eigenvalue weighted by molar-refractivity contribution is 5.36. The lowest BCUT2D eigenvalue weighted by molar-refractivity contribution is 0.146. The van der Waals surface area contributed by atoms with E-state index in [1.807, 2.05) is 0 Å². The number of benzene rings is 1. The van der Waals surface area contributed by atoms with Gasteiger partial charge in [0.25, 0.3) is 0 Å². The molecular weight excluding hydrogens is 240 g/mol. The summed E-state index contributed by atoms with van der Waals surface area (Å²) in [6, 6.07) is 6.51. The first-order valence-corrected chi connectivity index (χ1v) is 6.92. The number of methoxy groups -OCH3 is 2. The van der Waals surface area contributed by atoms with Crippen molar-refractivity contribution in [1.29, 1.82) is 0 Å². The summed E-state index contributed by atoms with van der Waals surface area (Å²) in [4.78, 5) is 0. The van der Waals surface area contributed by atoms with E-state index in [2.05, 4.69) is 32.0 Å². The molecule has 3 heteroatoms. The van der Waals surface area contributed by atoms with Crippen molar-refractivity contribution in [3.63, 3.8) is 0 Å². The van der Waals surface area contributed by atoms with Crippen LogP contribution >= 0.6 is 0 Å². The fourth-order valence-electron chi connectivity index (χ4n) is 1.91. The van der Waals surface area contributed by atoms with Crippen LogP contribution in [0.1, 0.15) is 37.3 Å². The van der Waals surface area contributed by atoms with E-state index in [4.69, 9.17) is 14.2 Å². The molecule has 19 heavy (non-hydrogen) atoms. The zero-order valence-electron chi connectivity index (χ0n) is 12.6. The minimum absolute atomic E-state index is 0.507. The van der Waals surface area contributed by atoms with Crippen molar-refractivity contribution in [2.24, 2.45) is 0 Å². The van der Waals surface area contributed by atoms with Crippen molar-refractivity contribution in [2.45, 2.75) is 32.6 Å². The molecule has 0 N–H and O–H groups in total. The zero-order valence-corrected chi connectivity index (χ0v) is 12.6. The molecule has 1 aromatic carbocycles. The maximum Gasteiger partial charge on any atom is 0.119 e. The standard InChI is InChI=1S/C16H26O3/c1-13(2)15-10-14(6-5-7-17-3)11-16(12-15)19-9-8-18-4/h10-13H,5-9H2,1-4H3. The number of hydrogen-bond acceptors (Lipinski definition) is 3. The molecule has 0 fully saturated rings. The van der Waals surface area contributed by atoms with E-state index in [9.17, 15) is 0 Å². The summed E-state index contributed by atoms with van der Waals surface area (Å²) in [6.07, 6.45) is 2.06. The van der Waals surface area contributed by atoms with E-state index in [0.29, 0.717) is 19.1 Å². The SMILES string of the molecule is COCCCc1cc(OCCOC)cc(C(C)C)c1. The lowest BCUT2D eigenvalue weighted by atomic mass is 9.98. The molecule has 0 aliphatic rings. The van der Waals surface area contributed by atoms with Gasteiger partial charge in [-0.05, 0) is 42.0 Å². The molecule has 0 unspecified atom stereocenters. The first-order valence-electron chi connectivity index (χ1n) is 6.92. The Morgan fingerprint density at radius 2 is 1.68 bits per heavy atom. The molecule has 0 aromatic heterocycles. The molecular formula is C16H26O3. The molecule has 0 aliphatic carbocycles. The van der Waals surface area contributed by atoms with Crippen LogP contribution in [0.4, 0.5) is 0 Å². The van der Waals surface area contributed by atoms with E-state index in [1.54, 1.807) is 14.2 Å². The Labute approximate surface area is 116 Å². The minimum atomic E-state index is 0.507. The van der Waals surface area contributed by atoms with Gasteiger partial charge in [-0.1, -0.05) is 19.9 Å². The van der Waals surface area contributed by atoms with Gasteiger partial charge in [0.05, 0.1) is 6.61 Å². The fraction of sp³-hybridized carbons (Fsp3) is 0.625. The Morgan fingerprint density at radius 1 is 0.947 bits per heavy atom. The molecule has 1 aromatic rings. The summed E-state index contributed by atoms with van der Waals surface area (Å²) >= 11 is 0. The van der Waals surface area contributed by atoms with E-state index < -0.39 is 0 Å². The highest BCUT2D eigenvalue weighted by Gasteiger charge is 2.05. The van der Waals surface area contributed by atoms with Gasteiger partial charge in [0, 0.05) is 20.8 Å². The second kappa shape index (κ2) is 8.94. The average Bonchev–Trinajstić information content (AvgIpc) is 2.39. The first-order chi connectivity index (χ1) is 9.17. The van der Waals surface area contributed by atoms with Crippen LogP contribution in [-0.2, 0) is 15.9 Å². The third-order valence-electron chi connectivity index (χ3n) is 3.03. The van der Waals surface area contributed by atoms with Gasteiger partial charge in [0.2, 0.25) is 0 Å². The lowest BCUT2D eigenvalue weighted by Gasteiger charge is -2.13. The first kappa shape index (κ1) is 16.0. The van der Waals surface area contributed by atoms with Crippen molar-refractivity contribution < 1.29 is 14.2 Å². The van der Waals surface area contributed by atoms with E-state index >= 15 is 0 Å². The predicted octanol–water partition coefficient (Wildman–Crippen LogP) is 3.41. The Kier molecular flexibility index (Phi) is 7.53. The quantitative estimate of drug-likeness (QED) is 0.641. The smallest absolute Gasteiger partial charge is 0.119 e. The van der Waals surface area contributed by atoms with Gasteiger partial charge in [-0.25, -0.2) is 0 Å². The highest BCUT2D eigenvalue weighted by Crippen LogP contribution is 2.24. The molecule has 108 valence electrons. The largest absolute Gasteiger partial charge is 0.491 e. The molecule has 0 amide bonds. The van der Waals surface area contributed by atoms with E-state index in [-0.39, 0.29) is 0 Å². The predicted molar refractivity (Wildman–Crippen MR) is 78.1 cm³/mol. The normalized spacial score (nSPS) is 11.0. The summed E-state index contributed by atoms with van der Waals surface area (Å²) in [5.41, 5.74) is 2.64. The van der Waals surface area contributed by atoms with E-state index in [1.165, 1.54) is 11.1 Å². The van der Waals surface area contributed by atoms with Crippen molar-refractivity contribution in [3.05, 3.63) is 29.3 Å². The Bertz CT molecular complexity index is 333. The van der Waals surface area contributed by atoms with Gasteiger partial charge in [-0.15, -0.1) is 0 Å². The summed E-state index contributed by atoms with van der Waals surface area (Å²) < 4.78 is 15.8. The van der Waals surface area contributed by atoms with Crippen LogP contribution in [0.5, 0.6) is 5.75 Å². The second-order valence-electron chi connectivity index (χ2n) is 5.00. The van der Waals surface area contributed by atoms with Crippen molar-refractivity contribution >= 4 is 0 Å². The molecule has 0 bridgehead atoms. The van der Waals surface area contributed by atoms with Gasteiger partial charge >= 0.3 is 0 Å². The molecule has 0 saturated heterocycles. The topological polar surface area (TPSA) is 27.7 Å². The van der Waals surface area contributed by atoms with Crippen LogP contribution in [0.25, 0.3) is 0 Å². The van der Waals surface area contributed by atoms with Gasteiger partial charge in [-0.2, -0.15) is 0 Å². The molecule has 0 aliphatic heterocycles. The molecule has 3 nitrogen and oxygen atoms in total.